The van der Waals surface area contributed by atoms with Crippen molar-refractivity contribution in [3.63, 3.8) is 0 Å². The highest BCUT2D eigenvalue weighted by molar-refractivity contribution is 6.06. The van der Waals surface area contributed by atoms with Gasteiger partial charge in [0.15, 0.2) is 11.5 Å². The Morgan fingerprint density at radius 2 is 1.95 bits per heavy atom. The van der Waals surface area contributed by atoms with Crippen LogP contribution in [0, 0.1) is 0 Å². The SMILES string of the molecule is COC(=O)CC(=O)c1cnc(OC)nc1C(F)(F)F. The van der Waals surface area contributed by atoms with Crippen LogP contribution >= 0.6 is 0 Å². The lowest BCUT2D eigenvalue weighted by Crippen LogP contribution is -2.19. The Balaban J connectivity index is 3.20. The van der Waals surface area contributed by atoms with Gasteiger partial charge in [0.05, 0.1) is 19.8 Å². The first kappa shape index (κ1) is 14.9. The molecule has 19 heavy (non-hydrogen) atoms. The number of carbonyl (C=O) groups is 2. The van der Waals surface area contributed by atoms with Crippen LogP contribution in [0.4, 0.5) is 13.2 Å². The minimum atomic E-state index is -4.86. The lowest BCUT2D eigenvalue weighted by Gasteiger charge is -2.11. The number of rotatable bonds is 4. The zero-order valence-corrected chi connectivity index (χ0v) is 9.95. The van der Waals surface area contributed by atoms with Crippen LogP contribution in [0.1, 0.15) is 22.5 Å². The Hall–Kier alpha value is -2.19. The first-order valence-electron chi connectivity index (χ1n) is 4.87. The Morgan fingerprint density at radius 1 is 1.32 bits per heavy atom. The molecule has 0 bridgehead atoms. The summed E-state index contributed by atoms with van der Waals surface area (Å²) in [5.41, 5.74) is -2.26. The Kier molecular flexibility index (Phi) is 4.41. The summed E-state index contributed by atoms with van der Waals surface area (Å²) in [6, 6.07) is -0.526. The maximum Gasteiger partial charge on any atom is 0.434 e. The van der Waals surface area contributed by atoms with Gasteiger partial charge < -0.3 is 9.47 Å². The highest BCUT2D eigenvalue weighted by Gasteiger charge is 2.38. The van der Waals surface area contributed by atoms with Gasteiger partial charge >= 0.3 is 18.2 Å². The Labute approximate surface area is 105 Å². The predicted octanol–water partition coefficient (Wildman–Crippen LogP) is 1.25. The average molecular weight is 278 g/mol. The molecule has 104 valence electrons. The molecule has 0 atom stereocenters. The van der Waals surface area contributed by atoms with Gasteiger partial charge in [0.1, 0.15) is 6.42 Å². The Bertz CT molecular complexity index is 502. The minimum Gasteiger partial charge on any atom is -0.469 e. The minimum absolute atomic E-state index is 0.526. The molecule has 1 heterocycles. The van der Waals surface area contributed by atoms with E-state index in [9.17, 15) is 22.8 Å². The molecule has 0 aliphatic heterocycles. The highest BCUT2D eigenvalue weighted by Crippen LogP contribution is 2.31. The molecule has 0 amide bonds. The summed E-state index contributed by atoms with van der Waals surface area (Å²) in [5.74, 6) is -2.03. The first-order chi connectivity index (χ1) is 8.79. The average Bonchev–Trinajstić information content (AvgIpc) is 2.36. The van der Waals surface area contributed by atoms with Crippen molar-refractivity contribution in [3.8, 4) is 6.01 Å². The molecule has 6 nitrogen and oxygen atoms in total. The van der Waals surface area contributed by atoms with Crippen LogP contribution in [0.3, 0.4) is 0 Å². The van der Waals surface area contributed by atoms with Crippen LogP contribution in [-0.4, -0.2) is 35.9 Å². The second kappa shape index (κ2) is 5.63. The molecule has 0 aromatic carbocycles. The number of hydrogen-bond donors (Lipinski definition) is 0. The normalized spacial score (nSPS) is 11.0. The van der Waals surface area contributed by atoms with Crippen molar-refractivity contribution in [2.45, 2.75) is 12.6 Å². The number of Topliss-reactive ketones (excluding diaryl/α,β-unsaturated/α-hetero) is 1. The van der Waals surface area contributed by atoms with E-state index in [2.05, 4.69) is 19.4 Å². The van der Waals surface area contributed by atoms with Crippen molar-refractivity contribution < 1.29 is 32.2 Å². The van der Waals surface area contributed by atoms with E-state index >= 15 is 0 Å². The van der Waals surface area contributed by atoms with Crippen molar-refractivity contribution in [2.75, 3.05) is 14.2 Å². The summed E-state index contributed by atoms with van der Waals surface area (Å²) >= 11 is 0. The van der Waals surface area contributed by atoms with E-state index < -0.39 is 41.6 Å². The highest BCUT2D eigenvalue weighted by atomic mass is 19.4. The van der Waals surface area contributed by atoms with E-state index in [-0.39, 0.29) is 0 Å². The summed E-state index contributed by atoms with van der Waals surface area (Å²) in [6.45, 7) is 0. The fraction of sp³-hybridized carbons (Fsp3) is 0.400. The topological polar surface area (TPSA) is 78.4 Å². The molecule has 1 aromatic heterocycles. The van der Waals surface area contributed by atoms with E-state index in [1.807, 2.05) is 0 Å². The van der Waals surface area contributed by atoms with Crippen molar-refractivity contribution in [1.82, 2.24) is 9.97 Å². The van der Waals surface area contributed by atoms with Crippen molar-refractivity contribution in [2.24, 2.45) is 0 Å². The zero-order chi connectivity index (χ0) is 14.6. The maximum atomic E-state index is 12.7. The fourth-order valence-corrected chi connectivity index (χ4v) is 1.18. The van der Waals surface area contributed by atoms with Crippen LogP contribution in [0.5, 0.6) is 6.01 Å². The summed E-state index contributed by atoms with van der Waals surface area (Å²) in [7, 11) is 2.11. The molecule has 0 N–H and O–H groups in total. The first-order valence-corrected chi connectivity index (χ1v) is 4.87. The van der Waals surface area contributed by atoms with E-state index in [4.69, 9.17) is 0 Å². The molecule has 9 heteroatoms. The molecule has 0 unspecified atom stereocenters. The van der Waals surface area contributed by atoms with Crippen molar-refractivity contribution >= 4 is 11.8 Å². The predicted molar refractivity (Wildman–Crippen MR) is 54.5 cm³/mol. The Morgan fingerprint density at radius 3 is 2.42 bits per heavy atom. The van der Waals surface area contributed by atoms with Crippen molar-refractivity contribution in [3.05, 3.63) is 17.5 Å². The van der Waals surface area contributed by atoms with Gasteiger partial charge in [0.25, 0.3) is 0 Å². The van der Waals surface area contributed by atoms with Crippen LogP contribution < -0.4 is 4.74 Å². The number of aromatic nitrogens is 2. The number of nitrogens with zero attached hydrogens (tertiary/aromatic N) is 2. The largest absolute Gasteiger partial charge is 0.469 e. The standard InChI is InChI=1S/C10H9F3N2O4/c1-18-7(17)3-6(16)5-4-14-9(19-2)15-8(5)10(11,12)13/h4H,3H2,1-2H3. The van der Waals surface area contributed by atoms with Gasteiger partial charge in [-0.25, -0.2) is 4.98 Å². The van der Waals surface area contributed by atoms with Gasteiger partial charge in [-0.1, -0.05) is 0 Å². The number of esters is 1. The lowest BCUT2D eigenvalue weighted by molar-refractivity contribution is -0.142. The second-order valence-electron chi connectivity index (χ2n) is 3.29. The number of alkyl halides is 3. The summed E-state index contributed by atoms with van der Waals surface area (Å²) < 4.78 is 46.9. The molecular formula is C10H9F3N2O4. The van der Waals surface area contributed by atoms with Crippen LogP contribution in [0.25, 0.3) is 0 Å². The number of ether oxygens (including phenoxy) is 2. The van der Waals surface area contributed by atoms with E-state index in [1.165, 1.54) is 0 Å². The van der Waals surface area contributed by atoms with E-state index in [0.29, 0.717) is 6.20 Å². The van der Waals surface area contributed by atoms with Crippen LogP contribution in [0.2, 0.25) is 0 Å². The zero-order valence-electron chi connectivity index (χ0n) is 9.95. The van der Waals surface area contributed by atoms with Gasteiger partial charge in [-0.3, -0.25) is 9.59 Å². The van der Waals surface area contributed by atoms with Crippen LogP contribution in [0.15, 0.2) is 6.20 Å². The number of methoxy groups -OCH3 is 2. The monoisotopic (exact) mass is 278 g/mol. The fourth-order valence-electron chi connectivity index (χ4n) is 1.18. The molecule has 0 radical (unpaired) electrons. The van der Waals surface area contributed by atoms with Gasteiger partial charge in [-0.15, -0.1) is 0 Å². The number of carbonyl (C=O) groups excluding carboxylic acids is 2. The summed E-state index contributed by atoms with van der Waals surface area (Å²) in [6.07, 6.45) is -5.02. The number of halogens is 3. The molecule has 0 saturated heterocycles. The molecule has 0 aliphatic rings. The number of hydrogen-bond acceptors (Lipinski definition) is 6. The third kappa shape index (κ3) is 3.63. The molecule has 0 aliphatic carbocycles. The lowest BCUT2D eigenvalue weighted by atomic mass is 10.1. The van der Waals surface area contributed by atoms with Gasteiger partial charge in [0.2, 0.25) is 0 Å². The molecule has 1 aromatic rings. The molecular weight excluding hydrogens is 269 g/mol. The number of ketones is 1. The third-order valence-corrected chi connectivity index (χ3v) is 2.05. The summed E-state index contributed by atoms with van der Waals surface area (Å²) in [4.78, 5) is 29.0. The van der Waals surface area contributed by atoms with Gasteiger partial charge in [-0.2, -0.15) is 18.2 Å². The van der Waals surface area contributed by atoms with Gasteiger partial charge in [-0.05, 0) is 0 Å². The van der Waals surface area contributed by atoms with E-state index in [0.717, 1.165) is 14.2 Å². The van der Waals surface area contributed by atoms with Gasteiger partial charge in [0, 0.05) is 6.20 Å². The smallest absolute Gasteiger partial charge is 0.434 e. The molecule has 0 fully saturated rings. The molecule has 0 saturated carbocycles. The summed E-state index contributed by atoms with van der Waals surface area (Å²) in [5, 5.41) is 0. The van der Waals surface area contributed by atoms with Crippen LogP contribution in [-0.2, 0) is 15.7 Å². The van der Waals surface area contributed by atoms with E-state index in [1.54, 1.807) is 0 Å². The molecule has 0 spiro atoms. The maximum absolute atomic E-state index is 12.7. The quantitative estimate of drug-likeness (QED) is 0.468. The molecule has 1 rings (SSSR count). The third-order valence-electron chi connectivity index (χ3n) is 2.05. The van der Waals surface area contributed by atoms with Crippen molar-refractivity contribution in [1.29, 1.82) is 0 Å². The second-order valence-corrected chi connectivity index (χ2v) is 3.29.